The van der Waals surface area contributed by atoms with E-state index in [2.05, 4.69) is 0 Å². The normalized spacial score (nSPS) is 16.9. The Balaban J connectivity index is 2.07. The van der Waals surface area contributed by atoms with Crippen molar-refractivity contribution in [2.75, 3.05) is 32.8 Å². The van der Waals surface area contributed by atoms with Gasteiger partial charge < -0.3 is 20.1 Å². The van der Waals surface area contributed by atoms with Gasteiger partial charge in [0.1, 0.15) is 0 Å². The minimum Gasteiger partial charge on any atom is -0.450 e. The van der Waals surface area contributed by atoms with Crippen LogP contribution >= 0.6 is 0 Å². The summed E-state index contributed by atoms with van der Waals surface area (Å²) < 4.78 is 10.1. The minimum absolute atomic E-state index is 0.146. The fourth-order valence-electron chi connectivity index (χ4n) is 1.14. The van der Waals surface area contributed by atoms with Crippen LogP contribution in [0.3, 0.4) is 0 Å². The zero-order valence-electron chi connectivity index (χ0n) is 7.86. The maximum atomic E-state index is 11.1. The number of carbonyl (C=O) groups excluding carboxylic acids is 1. The molecule has 0 aromatic heterocycles. The Labute approximate surface area is 77.8 Å². The molecule has 0 bridgehead atoms. The fraction of sp³-hybridized carbons (Fsp3) is 0.875. The van der Waals surface area contributed by atoms with Gasteiger partial charge in [0.05, 0.1) is 32.4 Å². The van der Waals surface area contributed by atoms with Crippen LogP contribution in [0.2, 0.25) is 0 Å². The van der Waals surface area contributed by atoms with Crippen LogP contribution in [0.15, 0.2) is 0 Å². The topological polar surface area (TPSA) is 64.8 Å². The van der Waals surface area contributed by atoms with E-state index in [1.165, 1.54) is 0 Å². The van der Waals surface area contributed by atoms with Crippen LogP contribution in [-0.2, 0) is 9.47 Å². The average molecular weight is 188 g/mol. The SMILES string of the molecule is CCOC(=O)N1CC(OCCN)C1. The molecule has 1 saturated heterocycles. The predicted octanol–water partition coefficient (Wildman–Crippen LogP) is -0.198. The number of ether oxygens (including phenoxy) is 2. The molecule has 1 rings (SSSR count). The number of rotatable bonds is 4. The predicted molar refractivity (Wildman–Crippen MR) is 47.4 cm³/mol. The molecule has 1 heterocycles. The molecule has 5 nitrogen and oxygen atoms in total. The van der Waals surface area contributed by atoms with E-state index in [0.29, 0.717) is 32.8 Å². The Morgan fingerprint density at radius 2 is 2.31 bits per heavy atom. The zero-order chi connectivity index (χ0) is 9.68. The molecule has 0 aromatic carbocycles. The monoisotopic (exact) mass is 188 g/mol. The highest BCUT2D eigenvalue weighted by Gasteiger charge is 2.31. The summed E-state index contributed by atoms with van der Waals surface area (Å²) in [7, 11) is 0. The number of hydrogen-bond donors (Lipinski definition) is 1. The molecule has 2 N–H and O–H groups in total. The van der Waals surface area contributed by atoms with Crippen LogP contribution in [0, 0.1) is 0 Å². The molecular formula is C8H16N2O3. The van der Waals surface area contributed by atoms with Gasteiger partial charge in [-0.05, 0) is 6.92 Å². The maximum Gasteiger partial charge on any atom is 0.409 e. The van der Waals surface area contributed by atoms with Gasteiger partial charge in [0.2, 0.25) is 0 Å². The third kappa shape index (κ3) is 2.86. The summed E-state index contributed by atoms with van der Waals surface area (Å²) >= 11 is 0. The van der Waals surface area contributed by atoms with E-state index in [-0.39, 0.29) is 12.2 Å². The van der Waals surface area contributed by atoms with E-state index in [4.69, 9.17) is 15.2 Å². The summed E-state index contributed by atoms with van der Waals surface area (Å²) in [5, 5.41) is 0. The second kappa shape index (κ2) is 5.04. The Hall–Kier alpha value is -0.810. The molecule has 0 aromatic rings. The molecule has 76 valence electrons. The Bertz CT molecular complexity index is 169. The first-order chi connectivity index (χ1) is 6.27. The molecule has 0 saturated carbocycles. The molecule has 1 fully saturated rings. The fourth-order valence-corrected chi connectivity index (χ4v) is 1.14. The summed E-state index contributed by atoms with van der Waals surface area (Å²) in [6.45, 7) is 4.54. The van der Waals surface area contributed by atoms with Crippen LogP contribution < -0.4 is 5.73 Å². The largest absolute Gasteiger partial charge is 0.450 e. The third-order valence-electron chi connectivity index (χ3n) is 1.85. The van der Waals surface area contributed by atoms with Gasteiger partial charge in [0.15, 0.2) is 0 Å². The van der Waals surface area contributed by atoms with Crippen molar-refractivity contribution in [1.29, 1.82) is 0 Å². The third-order valence-corrected chi connectivity index (χ3v) is 1.85. The van der Waals surface area contributed by atoms with Crippen LogP contribution in [-0.4, -0.2) is 49.9 Å². The Morgan fingerprint density at radius 3 is 2.85 bits per heavy atom. The van der Waals surface area contributed by atoms with E-state index in [1.807, 2.05) is 0 Å². The highest BCUT2D eigenvalue weighted by atomic mass is 16.6. The van der Waals surface area contributed by atoms with Crippen LogP contribution in [0.25, 0.3) is 0 Å². The maximum absolute atomic E-state index is 11.1. The average Bonchev–Trinajstić information content (AvgIpc) is 2.02. The minimum atomic E-state index is -0.255. The summed E-state index contributed by atoms with van der Waals surface area (Å²) in [6.07, 6.45) is -0.108. The van der Waals surface area contributed by atoms with Gasteiger partial charge in [0, 0.05) is 6.54 Å². The summed E-state index contributed by atoms with van der Waals surface area (Å²) in [6, 6.07) is 0. The second-order valence-electron chi connectivity index (χ2n) is 2.89. The van der Waals surface area contributed by atoms with Crippen molar-refractivity contribution in [2.45, 2.75) is 13.0 Å². The molecule has 0 atom stereocenters. The molecule has 5 heteroatoms. The van der Waals surface area contributed by atoms with Crippen LogP contribution in [0.4, 0.5) is 4.79 Å². The smallest absolute Gasteiger partial charge is 0.409 e. The quantitative estimate of drug-likeness (QED) is 0.663. The van der Waals surface area contributed by atoms with E-state index < -0.39 is 0 Å². The summed E-state index contributed by atoms with van der Waals surface area (Å²) in [5.41, 5.74) is 5.27. The van der Waals surface area contributed by atoms with Gasteiger partial charge in [-0.3, -0.25) is 0 Å². The number of amides is 1. The molecule has 0 aliphatic carbocycles. The molecule has 1 aliphatic rings. The first-order valence-corrected chi connectivity index (χ1v) is 4.51. The molecule has 1 amide bonds. The highest BCUT2D eigenvalue weighted by Crippen LogP contribution is 2.12. The number of likely N-dealkylation sites (tertiary alicyclic amines) is 1. The number of nitrogens with zero attached hydrogens (tertiary/aromatic N) is 1. The van der Waals surface area contributed by atoms with Crippen molar-refractivity contribution in [3.8, 4) is 0 Å². The molecular weight excluding hydrogens is 172 g/mol. The molecule has 0 unspecified atom stereocenters. The van der Waals surface area contributed by atoms with E-state index in [1.54, 1.807) is 11.8 Å². The van der Waals surface area contributed by atoms with E-state index in [9.17, 15) is 4.79 Å². The first-order valence-electron chi connectivity index (χ1n) is 4.51. The van der Waals surface area contributed by atoms with E-state index >= 15 is 0 Å². The van der Waals surface area contributed by atoms with Crippen molar-refractivity contribution >= 4 is 6.09 Å². The number of nitrogens with two attached hydrogens (primary N) is 1. The molecule has 0 spiro atoms. The standard InChI is InChI=1S/C8H16N2O3/c1-2-12-8(11)10-5-7(6-10)13-4-3-9/h7H,2-6,9H2,1H3. The highest BCUT2D eigenvalue weighted by molar-refractivity contribution is 5.68. The molecule has 0 radical (unpaired) electrons. The van der Waals surface area contributed by atoms with Gasteiger partial charge in [0.25, 0.3) is 0 Å². The Kier molecular flexibility index (Phi) is 3.98. The van der Waals surface area contributed by atoms with Gasteiger partial charge in [-0.25, -0.2) is 4.79 Å². The lowest BCUT2D eigenvalue weighted by Crippen LogP contribution is -2.55. The van der Waals surface area contributed by atoms with Crippen LogP contribution in [0.1, 0.15) is 6.92 Å². The van der Waals surface area contributed by atoms with Crippen molar-refractivity contribution in [3.63, 3.8) is 0 Å². The van der Waals surface area contributed by atoms with Crippen molar-refractivity contribution in [1.82, 2.24) is 4.90 Å². The summed E-state index contributed by atoms with van der Waals surface area (Å²) in [4.78, 5) is 12.7. The van der Waals surface area contributed by atoms with Gasteiger partial charge >= 0.3 is 6.09 Å². The second-order valence-corrected chi connectivity index (χ2v) is 2.89. The lowest BCUT2D eigenvalue weighted by atomic mass is 10.2. The van der Waals surface area contributed by atoms with Crippen molar-refractivity contribution < 1.29 is 14.3 Å². The van der Waals surface area contributed by atoms with Crippen LogP contribution in [0.5, 0.6) is 0 Å². The molecule has 1 aliphatic heterocycles. The number of carbonyl (C=O) groups is 1. The van der Waals surface area contributed by atoms with E-state index in [0.717, 1.165) is 0 Å². The van der Waals surface area contributed by atoms with Crippen molar-refractivity contribution in [3.05, 3.63) is 0 Å². The lowest BCUT2D eigenvalue weighted by molar-refractivity contribution is -0.0463. The van der Waals surface area contributed by atoms with Gasteiger partial charge in [-0.1, -0.05) is 0 Å². The molecule has 13 heavy (non-hydrogen) atoms. The summed E-state index contributed by atoms with van der Waals surface area (Å²) in [5.74, 6) is 0. The van der Waals surface area contributed by atoms with Gasteiger partial charge in [-0.15, -0.1) is 0 Å². The van der Waals surface area contributed by atoms with Gasteiger partial charge in [-0.2, -0.15) is 0 Å². The van der Waals surface area contributed by atoms with Crippen molar-refractivity contribution in [2.24, 2.45) is 5.73 Å². The first kappa shape index (κ1) is 10.3. The number of hydrogen-bond acceptors (Lipinski definition) is 4. The lowest BCUT2D eigenvalue weighted by Gasteiger charge is -2.37. The Morgan fingerprint density at radius 1 is 1.62 bits per heavy atom. The zero-order valence-corrected chi connectivity index (χ0v) is 7.86.